The van der Waals surface area contributed by atoms with Crippen LogP contribution in [0.1, 0.15) is 144 Å². The SMILES string of the molecule is CCCCCCCCCCCCC(C)(C)CCCCCOC(OCC(C)C)OC1CCNCC1. The molecule has 1 heterocycles. The molecule has 1 N–H and O–H groups in total. The van der Waals surface area contributed by atoms with E-state index in [1.54, 1.807) is 0 Å². The Bertz CT molecular complexity index is 435. The van der Waals surface area contributed by atoms with E-state index in [-0.39, 0.29) is 6.10 Å². The van der Waals surface area contributed by atoms with Crippen LogP contribution in [0.4, 0.5) is 0 Å². The molecule has 34 heavy (non-hydrogen) atoms. The van der Waals surface area contributed by atoms with E-state index in [2.05, 4.69) is 39.9 Å². The van der Waals surface area contributed by atoms with Gasteiger partial charge in [0.2, 0.25) is 0 Å². The molecule has 0 bridgehead atoms. The lowest BCUT2D eigenvalue weighted by atomic mass is 9.82. The summed E-state index contributed by atoms with van der Waals surface area (Å²) in [6, 6.07) is 0. The molecule has 1 aliphatic heterocycles. The van der Waals surface area contributed by atoms with Crippen LogP contribution in [-0.4, -0.2) is 38.9 Å². The van der Waals surface area contributed by atoms with Crippen molar-refractivity contribution in [3.8, 4) is 0 Å². The largest absolute Gasteiger partial charge is 0.330 e. The number of hydrogen-bond acceptors (Lipinski definition) is 4. The third-order valence-corrected chi connectivity index (χ3v) is 7.11. The molecule has 0 aromatic rings. The van der Waals surface area contributed by atoms with E-state index < -0.39 is 6.48 Å². The highest BCUT2D eigenvalue weighted by molar-refractivity contribution is 4.69. The average molecular weight is 484 g/mol. The standard InChI is InChI=1S/C30H61NO3/c1-6-7-8-9-10-11-12-13-14-16-21-30(4,5)22-17-15-18-25-32-29(33-26-27(2)3)34-28-19-23-31-24-20-28/h27-29,31H,6-26H2,1-5H3. The summed E-state index contributed by atoms with van der Waals surface area (Å²) in [6.07, 6.45) is 22.9. The van der Waals surface area contributed by atoms with Crippen molar-refractivity contribution in [3.63, 3.8) is 0 Å². The van der Waals surface area contributed by atoms with E-state index in [0.29, 0.717) is 17.9 Å². The van der Waals surface area contributed by atoms with Gasteiger partial charge in [-0.05, 0) is 56.5 Å². The van der Waals surface area contributed by atoms with Crippen molar-refractivity contribution in [2.75, 3.05) is 26.3 Å². The molecule has 204 valence electrons. The van der Waals surface area contributed by atoms with Crippen LogP contribution in [0.15, 0.2) is 0 Å². The average Bonchev–Trinajstić information content (AvgIpc) is 2.81. The van der Waals surface area contributed by atoms with Crippen molar-refractivity contribution in [2.24, 2.45) is 11.3 Å². The molecule has 0 aromatic carbocycles. The predicted octanol–water partition coefficient (Wildman–Crippen LogP) is 8.63. The zero-order chi connectivity index (χ0) is 24.9. The summed E-state index contributed by atoms with van der Waals surface area (Å²) < 4.78 is 18.0. The van der Waals surface area contributed by atoms with Gasteiger partial charge in [-0.3, -0.25) is 0 Å². The summed E-state index contributed by atoms with van der Waals surface area (Å²) in [6.45, 7) is 14.5. The highest BCUT2D eigenvalue weighted by Crippen LogP contribution is 2.30. The zero-order valence-electron chi connectivity index (χ0n) is 23.8. The van der Waals surface area contributed by atoms with Crippen molar-refractivity contribution in [3.05, 3.63) is 0 Å². The van der Waals surface area contributed by atoms with E-state index >= 15 is 0 Å². The number of nitrogens with one attached hydrogen (secondary N) is 1. The van der Waals surface area contributed by atoms with E-state index in [1.807, 2.05) is 0 Å². The molecule has 1 atom stereocenters. The van der Waals surface area contributed by atoms with Crippen LogP contribution in [0.5, 0.6) is 0 Å². The van der Waals surface area contributed by atoms with Crippen molar-refractivity contribution in [1.82, 2.24) is 5.32 Å². The summed E-state index contributed by atoms with van der Waals surface area (Å²) in [5, 5.41) is 3.39. The Morgan fingerprint density at radius 2 is 1.26 bits per heavy atom. The van der Waals surface area contributed by atoms with Crippen molar-refractivity contribution in [2.45, 2.75) is 156 Å². The molecule has 4 nitrogen and oxygen atoms in total. The first kappa shape index (κ1) is 31.9. The Morgan fingerprint density at radius 3 is 1.82 bits per heavy atom. The predicted molar refractivity (Wildman–Crippen MR) is 146 cm³/mol. The summed E-state index contributed by atoms with van der Waals surface area (Å²) >= 11 is 0. The number of unbranched alkanes of at least 4 members (excludes halogenated alkanes) is 11. The van der Waals surface area contributed by atoms with Gasteiger partial charge in [-0.1, -0.05) is 112 Å². The fraction of sp³-hybridized carbons (Fsp3) is 1.00. The first-order chi connectivity index (χ1) is 16.4. The second kappa shape index (κ2) is 21.0. The Hall–Kier alpha value is -0.160. The maximum atomic E-state index is 6.12. The summed E-state index contributed by atoms with van der Waals surface area (Å²) in [7, 11) is 0. The summed E-state index contributed by atoms with van der Waals surface area (Å²) in [5.74, 6) is 0.487. The van der Waals surface area contributed by atoms with E-state index in [1.165, 1.54) is 89.9 Å². The Labute approximate surface area is 213 Å². The first-order valence-electron chi connectivity index (χ1n) is 15.0. The molecule has 1 unspecified atom stereocenters. The van der Waals surface area contributed by atoms with Crippen LogP contribution < -0.4 is 5.32 Å². The molecule has 1 rings (SSSR count). The molecule has 1 fully saturated rings. The van der Waals surface area contributed by atoms with E-state index in [4.69, 9.17) is 14.2 Å². The smallest absolute Gasteiger partial charge is 0.271 e. The van der Waals surface area contributed by atoms with Gasteiger partial charge >= 0.3 is 0 Å². The minimum atomic E-state index is -0.502. The van der Waals surface area contributed by atoms with Gasteiger partial charge < -0.3 is 19.5 Å². The number of piperidine rings is 1. The second-order valence-corrected chi connectivity index (χ2v) is 11.9. The minimum Gasteiger partial charge on any atom is -0.330 e. The molecular formula is C30H61NO3. The van der Waals surface area contributed by atoms with Crippen LogP contribution in [-0.2, 0) is 14.2 Å². The molecule has 0 amide bonds. The van der Waals surface area contributed by atoms with Gasteiger partial charge in [0.05, 0.1) is 19.3 Å². The van der Waals surface area contributed by atoms with Gasteiger partial charge in [-0.25, -0.2) is 0 Å². The van der Waals surface area contributed by atoms with Gasteiger partial charge in [-0.2, -0.15) is 0 Å². The maximum Gasteiger partial charge on any atom is 0.271 e. The third kappa shape index (κ3) is 19.1. The molecular weight excluding hydrogens is 422 g/mol. The van der Waals surface area contributed by atoms with Crippen LogP contribution in [0.25, 0.3) is 0 Å². The quantitative estimate of drug-likeness (QED) is 0.117. The monoisotopic (exact) mass is 483 g/mol. The van der Waals surface area contributed by atoms with Crippen molar-refractivity contribution in [1.29, 1.82) is 0 Å². The lowest BCUT2D eigenvalue weighted by Gasteiger charge is -2.28. The molecule has 1 saturated heterocycles. The number of ether oxygens (including phenoxy) is 3. The molecule has 0 radical (unpaired) electrons. The Balaban J connectivity index is 2.04. The first-order valence-corrected chi connectivity index (χ1v) is 15.0. The number of rotatable bonds is 23. The van der Waals surface area contributed by atoms with Gasteiger partial charge in [0, 0.05) is 0 Å². The molecule has 1 aliphatic rings. The molecule has 0 spiro atoms. The van der Waals surface area contributed by atoms with Crippen molar-refractivity contribution < 1.29 is 14.2 Å². The number of hydrogen-bond donors (Lipinski definition) is 1. The second-order valence-electron chi connectivity index (χ2n) is 11.9. The van der Waals surface area contributed by atoms with E-state index in [0.717, 1.165) is 39.0 Å². The van der Waals surface area contributed by atoms with E-state index in [9.17, 15) is 0 Å². The molecule has 0 aliphatic carbocycles. The molecule has 4 heteroatoms. The molecule has 0 saturated carbocycles. The highest BCUT2D eigenvalue weighted by atomic mass is 16.8. The topological polar surface area (TPSA) is 39.7 Å². The Morgan fingerprint density at radius 1 is 0.735 bits per heavy atom. The third-order valence-electron chi connectivity index (χ3n) is 7.11. The zero-order valence-corrected chi connectivity index (χ0v) is 23.8. The van der Waals surface area contributed by atoms with Crippen molar-refractivity contribution >= 4 is 0 Å². The maximum absolute atomic E-state index is 6.12. The summed E-state index contributed by atoms with van der Waals surface area (Å²) in [4.78, 5) is 0. The van der Waals surface area contributed by atoms with Crippen LogP contribution in [0, 0.1) is 11.3 Å². The summed E-state index contributed by atoms with van der Waals surface area (Å²) in [5.41, 5.74) is 0.474. The fourth-order valence-corrected chi connectivity index (χ4v) is 4.76. The van der Waals surface area contributed by atoms with Gasteiger partial charge in [0.15, 0.2) is 0 Å². The lowest BCUT2D eigenvalue weighted by Crippen LogP contribution is -2.36. The van der Waals surface area contributed by atoms with Crippen LogP contribution >= 0.6 is 0 Å². The minimum absolute atomic E-state index is 0.255. The molecule has 0 aromatic heterocycles. The Kier molecular flexibility index (Phi) is 19.7. The van der Waals surface area contributed by atoms with Crippen LogP contribution in [0.2, 0.25) is 0 Å². The van der Waals surface area contributed by atoms with Crippen LogP contribution in [0.3, 0.4) is 0 Å². The van der Waals surface area contributed by atoms with Gasteiger partial charge in [0.25, 0.3) is 6.48 Å². The fourth-order valence-electron chi connectivity index (χ4n) is 4.76. The highest BCUT2D eigenvalue weighted by Gasteiger charge is 2.21. The normalized spacial score (nSPS) is 16.4. The van der Waals surface area contributed by atoms with Gasteiger partial charge in [0.1, 0.15) is 0 Å². The van der Waals surface area contributed by atoms with Gasteiger partial charge in [-0.15, -0.1) is 0 Å². The lowest BCUT2D eigenvalue weighted by molar-refractivity contribution is -0.309.